The molecular weight excluding hydrogens is 302 g/mol. The molecule has 1 atom stereocenters. The number of rotatable bonds is 5. The van der Waals surface area contributed by atoms with Crippen molar-refractivity contribution in [3.63, 3.8) is 0 Å². The molecule has 3 rings (SSSR count). The van der Waals surface area contributed by atoms with Gasteiger partial charge in [0.25, 0.3) is 0 Å². The summed E-state index contributed by atoms with van der Waals surface area (Å²) in [4.78, 5) is 4.38. The molecule has 0 unspecified atom stereocenters. The first-order valence-electron chi connectivity index (χ1n) is 8.92. The Hall–Kier alpha value is -1.69. The van der Waals surface area contributed by atoms with Gasteiger partial charge in [-0.15, -0.1) is 10.2 Å². The third kappa shape index (κ3) is 3.69. The van der Waals surface area contributed by atoms with Crippen LogP contribution in [0.25, 0.3) is 0 Å². The second-order valence-corrected chi connectivity index (χ2v) is 8.14. The fourth-order valence-electron chi connectivity index (χ4n) is 3.13. The Morgan fingerprint density at radius 3 is 2.79 bits per heavy atom. The molecule has 6 nitrogen and oxygen atoms in total. The maximum absolute atomic E-state index is 5.83. The number of aromatic nitrogens is 4. The molecule has 0 fully saturated rings. The first-order valence-corrected chi connectivity index (χ1v) is 8.92. The highest BCUT2D eigenvalue weighted by Gasteiger charge is 2.24. The van der Waals surface area contributed by atoms with E-state index in [4.69, 9.17) is 4.42 Å². The summed E-state index contributed by atoms with van der Waals surface area (Å²) in [6, 6.07) is 0. The van der Waals surface area contributed by atoms with Crippen LogP contribution in [0.15, 0.2) is 10.6 Å². The van der Waals surface area contributed by atoms with Crippen LogP contribution >= 0.6 is 0 Å². The van der Waals surface area contributed by atoms with Crippen molar-refractivity contribution in [1.82, 2.24) is 25.1 Å². The molecule has 24 heavy (non-hydrogen) atoms. The third-order valence-corrected chi connectivity index (χ3v) is 4.59. The van der Waals surface area contributed by atoms with Crippen molar-refractivity contribution >= 4 is 0 Å². The molecule has 2 aromatic rings. The minimum Gasteiger partial charge on any atom is -0.444 e. The lowest BCUT2D eigenvalue weighted by Crippen LogP contribution is -2.30. The van der Waals surface area contributed by atoms with Crippen molar-refractivity contribution in [2.24, 2.45) is 5.92 Å². The monoisotopic (exact) mass is 331 g/mol. The van der Waals surface area contributed by atoms with E-state index < -0.39 is 0 Å². The SMILES string of the molecule is CC(C)c1nnc2n1C[C@@H](CNCc1ncc(C(C)(C)C)o1)CC2. The zero-order valence-electron chi connectivity index (χ0n) is 15.5. The molecule has 132 valence electrons. The number of nitrogens with zero attached hydrogens (tertiary/aromatic N) is 4. The molecule has 0 amide bonds. The molecule has 1 N–H and O–H groups in total. The standard InChI is InChI=1S/C18H29N5O/c1-12(2)17-22-21-15-7-6-13(11-23(15)17)8-19-10-16-20-9-14(24-16)18(3,4)5/h9,12-13,19H,6-8,10-11H2,1-5H3/t13-/m1/s1. The van der Waals surface area contributed by atoms with Gasteiger partial charge in [0.05, 0.1) is 12.7 Å². The summed E-state index contributed by atoms with van der Waals surface area (Å²) in [5.41, 5.74) is 0.00664. The van der Waals surface area contributed by atoms with E-state index in [2.05, 4.69) is 59.7 Å². The topological polar surface area (TPSA) is 68.8 Å². The van der Waals surface area contributed by atoms with E-state index in [0.29, 0.717) is 18.4 Å². The molecular formula is C18H29N5O. The first-order chi connectivity index (χ1) is 11.3. The highest BCUT2D eigenvalue weighted by Crippen LogP contribution is 2.24. The van der Waals surface area contributed by atoms with E-state index in [9.17, 15) is 0 Å². The van der Waals surface area contributed by atoms with Gasteiger partial charge in [-0.05, 0) is 12.3 Å². The molecule has 0 bridgehead atoms. The highest BCUT2D eigenvalue weighted by atomic mass is 16.4. The van der Waals surface area contributed by atoms with Gasteiger partial charge in [0.1, 0.15) is 17.4 Å². The molecule has 0 saturated heterocycles. The molecule has 6 heteroatoms. The summed E-state index contributed by atoms with van der Waals surface area (Å²) in [5.74, 6) is 4.97. The van der Waals surface area contributed by atoms with Gasteiger partial charge in [-0.25, -0.2) is 4.98 Å². The zero-order chi connectivity index (χ0) is 17.3. The summed E-state index contributed by atoms with van der Waals surface area (Å²) in [5, 5.41) is 12.2. The predicted molar refractivity (Wildman–Crippen MR) is 92.8 cm³/mol. The van der Waals surface area contributed by atoms with Gasteiger partial charge >= 0.3 is 0 Å². The first kappa shape index (κ1) is 17.1. The lowest BCUT2D eigenvalue weighted by molar-refractivity contribution is 0.326. The molecule has 3 heterocycles. The van der Waals surface area contributed by atoms with Crippen molar-refractivity contribution in [3.8, 4) is 0 Å². The number of hydrogen-bond acceptors (Lipinski definition) is 5. The molecule has 1 aliphatic rings. The van der Waals surface area contributed by atoms with Crippen molar-refractivity contribution in [3.05, 3.63) is 29.5 Å². The van der Waals surface area contributed by atoms with Gasteiger partial charge in [-0.1, -0.05) is 34.6 Å². The molecule has 0 aliphatic carbocycles. The fourth-order valence-corrected chi connectivity index (χ4v) is 3.13. The van der Waals surface area contributed by atoms with Crippen molar-refractivity contribution < 1.29 is 4.42 Å². The van der Waals surface area contributed by atoms with Crippen LogP contribution in [0.5, 0.6) is 0 Å². The summed E-state index contributed by atoms with van der Waals surface area (Å²) >= 11 is 0. The second-order valence-electron chi connectivity index (χ2n) is 8.14. The summed E-state index contributed by atoms with van der Waals surface area (Å²) in [7, 11) is 0. The molecule has 0 spiro atoms. The van der Waals surface area contributed by atoms with Crippen LogP contribution in [0.2, 0.25) is 0 Å². The van der Waals surface area contributed by atoms with Gasteiger partial charge in [0.15, 0.2) is 0 Å². The van der Waals surface area contributed by atoms with Gasteiger partial charge in [-0.2, -0.15) is 0 Å². The average molecular weight is 331 g/mol. The van der Waals surface area contributed by atoms with Crippen molar-refractivity contribution in [2.75, 3.05) is 6.54 Å². The van der Waals surface area contributed by atoms with Gasteiger partial charge < -0.3 is 14.3 Å². The van der Waals surface area contributed by atoms with Gasteiger partial charge in [0.2, 0.25) is 5.89 Å². The normalized spacial score (nSPS) is 18.2. The Morgan fingerprint density at radius 2 is 2.12 bits per heavy atom. The van der Waals surface area contributed by atoms with E-state index in [-0.39, 0.29) is 5.41 Å². The Labute approximate surface area is 144 Å². The van der Waals surface area contributed by atoms with E-state index in [1.54, 1.807) is 0 Å². The number of nitrogens with one attached hydrogen (secondary N) is 1. The highest BCUT2D eigenvalue weighted by molar-refractivity contribution is 5.06. The van der Waals surface area contributed by atoms with E-state index >= 15 is 0 Å². The summed E-state index contributed by atoms with van der Waals surface area (Å²) in [6.45, 7) is 13.4. The molecule has 1 aliphatic heterocycles. The average Bonchev–Trinajstić information content (AvgIpc) is 3.12. The smallest absolute Gasteiger partial charge is 0.208 e. The minimum atomic E-state index is 0.00664. The molecule has 0 saturated carbocycles. The van der Waals surface area contributed by atoms with E-state index in [1.807, 2.05) is 6.20 Å². The number of aryl methyl sites for hydroxylation is 1. The van der Waals surface area contributed by atoms with Crippen molar-refractivity contribution in [2.45, 2.75) is 71.9 Å². The van der Waals surface area contributed by atoms with E-state index in [1.165, 1.54) is 0 Å². The van der Waals surface area contributed by atoms with Crippen LogP contribution in [0.4, 0.5) is 0 Å². The summed E-state index contributed by atoms with van der Waals surface area (Å²) in [6.07, 6.45) is 4.01. The Morgan fingerprint density at radius 1 is 1.33 bits per heavy atom. The predicted octanol–water partition coefficient (Wildman–Crippen LogP) is 3.04. The van der Waals surface area contributed by atoms with Gasteiger partial charge in [-0.3, -0.25) is 0 Å². The maximum Gasteiger partial charge on any atom is 0.208 e. The van der Waals surface area contributed by atoms with E-state index in [0.717, 1.165) is 49.2 Å². The second kappa shape index (κ2) is 6.67. The quantitative estimate of drug-likeness (QED) is 0.912. The van der Waals surface area contributed by atoms with Crippen LogP contribution in [0, 0.1) is 5.92 Å². The van der Waals surface area contributed by atoms with Crippen molar-refractivity contribution in [1.29, 1.82) is 0 Å². The lowest BCUT2D eigenvalue weighted by atomic mass is 9.94. The number of oxazole rings is 1. The maximum atomic E-state index is 5.83. The zero-order valence-corrected chi connectivity index (χ0v) is 15.5. The minimum absolute atomic E-state index is 0.00664. The number of fused-ring (bicyclic) bond motifs is 1. The van der Waals surface area contributed by atoms with Crippen LogP contribution in [-0.4, -0.2) is 26.3 Å². The third-order valence-electron chi connectivity index (χ3n) is 4.59. The largest absolute Gasteiger partial charge is 0.444 e. The van der Waals surface area contributed by atoms with Crippen LogP contribution in [0.3, 0.4) is 0 Å². The fraction of sp³-hybridized carbons (Fsp3) is 0.722. The Bertz CT molecular complexity index is 680. The molecule has 2 aromatic heterocycles. The molecule has 0 aromatic carbocycles. The number of hydrogen-bond donors (Lipinski definition) is 1. The summed E-state index contributed by atoms with van der Waals surface area (Å²) < 4.78 is 8.14. The van der Waals surface area contributed by atoms with Crippen LogP contribution < -0.4 is 5.32 Å². The Balaban J connectivity index is 1.53. The van der Waals surface area contributed by atoms with Crippen LogP contribution in [-0.2, 0) is 24.9 Å². The van der Waals surface area contributed by atoms with Crippen LogP contribution in [0.1, 0.15) is 70.3 Å². The lowest BCUT2D eigenvalue weighted by Gasteiger charge is -2.25. The Kier molecular flexibility index (Phi) is 4.76. The molecule has 0 radical (unpaired) electrons. The van der Waals surface area contributed by atoms with Gasteiger partial charge in [0, 0.05) is 30.8 Å².